The lowest BCUT2D eigenvalue weighted by molar-refractivity contribution is -0.108. The summed E-state index contributed by atoms with van der Waals surface area (Å²) in [6, 6.07) is 0.625. The van der Waals surface area contributed by atoms with Crippen molar-refractivity contribution in [3.8, 4) is 0 Å². The van der Waals surface area contributed by atoms with E-state index in [0.717, 1.165) is 25.8 Å². The predicted octanol–water partition coefficient (Wildman–Crippen LogP) is 1.63. The van der Waals surface area contributed by atoms with Gasteiger partial charge in [0.1, 0.15) is 6.29 Å². The molecular weight excluding hydrogens is 200 g/mol. The number of hydrogen-bond donors (Lipinski definition) is 0. The lowest BCUT2D eigenvalue weighted by Gasteiger charge is -2.32. The average Bonchev–Trinajstić information content (AvgIpc) is 2.59. The first-order valence-corrected chi connectivity index (χ1v) is 6.31. The third-order valence-corrected chi connectivity index (χ3v) is 3.64. The number of hydrogen-bond acceptors (Lipinski definition) is 3. The van der Waals surface area contributed by atoms with Gasteiger partial charge in [-0.15, -0.1) is 0 Å². The molecule has 1 fully saturated rings. The van der Waals surface area contributed by atoms with E-state index in [9.17, 15) is 4.79 Å². The second-order valence-corrected chi connectivity index (χ2v) is 5.76. The van der Waals surface area contributed by atoms with Crippen molar-refractivity contribution < 1.29 is 4.79 Å². The molecule has 0 aromatic heterocycles. The van der Waals surface area contributed by atoms with Gasteiger partial charge < -0.3 is 14.6 Å². The number of likely N-dealkylation sites (tertiary alicyclic amines) is 1. The Morgan fingerprint density at radius 3 is 2.56 bits per heavy atom. The topological polar surface area (TPSA) is 23.6 Å². The molecular formula is C13H26N2O. The molecule has 1 saturated heterocycles. The molecule has 0 aromatic rings. The second-order valence-electron chi connectivity index (χ2n) is 5.76. The Balaban J connectivity index is 2.62. The molecule has 0 spiro atoms. The molecule has 1 unspecified atom stereocenters. The Morgan fingerprint density at radius 2 is 2.12 bits per heavy atom. The number of rotatable bonds is 6. The summed E-state index contributed by atoms with van der Waals surface area (Å²) in [6.45, 7) is 7.95. The number of carbonyl (C=O) groups is 1. The molecule has 94 valence electrons. The van der Waals surface area contributed by atoms with Crippen LogP contribution in [0, 0.1) is 5.41 Å². The lowest BCUT2D eigenvalue weighted by atomic mass is 9.82. The molecule has 0 radical (unpaired) electrons. The number of nitrogens with zero attached hydrogens (tertiary/aromatic N) is 2. The first kappa shape index (κ1) is 13.7. The van der Waals surface area contributed by atoms with Crippen LogP contribution in [0.2, 0.25) is 0 Å². The van der Waals surface area contributed by atoms with Crippen molar-refractivity contribution >= 4 is 6.29 Å². The van der Waals surface area contributed by atoms with E-state index in [0.29, 0.717) is 17.9 Å². The maximum atomic E-state index is 10.6. The van der Waals surface area contributed by atoms with Gasteiger partial charge >= 0.3 is 0 Å². The molecule has 1 aliphatic heterocycles. The van der Waals surface area contributed by atoms with Gasteiger partial charge in [0.25, 0.3) is 0 Å². The van der Waals surface area contributed by atoms with Gasteiger partial charge in [-0.2, -0.15) is 0 Å². The minimum atomic E-state index is 0.342. The molecule has 16 heavy (non-hydrogen) atoms. The molecule has 1 atom stereocenters. The van der Waals surface area contributed by atoms with Crippen LogP contribution in [0.5, 0.6) is 0 Å². The van der Waals surface area contributed by atoms with Crippen LogP contribution < -0.4 is 0 Å². The smallest absolute Gasteiger partial charge is 0.120 e. The van der Waals surface area contributed by atoms with Crippen LogP contribution in [-0.2, 0) is 4.79 Å². The standard InChI is InChI=1S/C13H26N2O/c1-12(2)15-8-7-13(11-15,6-5-9-16)10-14(3)4/h9,12H,5-8,10-11H2,1-4H3. The lowest BCUT2D eigenvalue weighted by Crippen LogP contribution is -2.38. The average molecular weight is 226 g/mol. The summed E-state index contributed by atoms with van der Waals surface area (Å²) in [5, 5.41) is 0. The maximum Gasteiger partial charge on any atom is 0.120 e. The summed E-state index contributed by atoms with van der Waals surface area (Å²) in [5.74, 6) is 0. The fourth-order valence-electron chi connectivity index (χ4n) is 2.86. The number of aldehydes is 1. The molecule has 1 aliphatic rings. The van der Waals surface area contributed by atoms with Crippen LogP contribution in [-0.4, -0.2) is 55.9 Å². The maximum absolute atomic E-state index is 10.6. The molecule has 0 saturated carbocycles. The van der Waals surface area contributed by atoms with Crippen molar-refractivity contribution in [2.24, 2.45) is 5.41 Å². The zero-order valence-corrected chi connectivity index (χ0v) is 11.2. The van der Waals surface area contributed by atoms with Crippen molar-refractivity contribution in [1.82, 2.24) is 9.80 Å². The highest BCUT2D eigenvalue weighted by molar-refractivity contribution is 5.49. The highest BCUT2D eigenvalue weighted by Crippen LogP contribution is 2.36. The van der Waals surface area contributed by atoms with Crippen molar-refractivity contribution in [2.75, 3.05) is 33.7 Å². The van der Waals surface area contributed by atoms with Crippen LogP contribution in [0.1, 0.15) is 33.1 Å². The largest absolute Gasteiger partial charge is 0.309 e. The highest BCUT2D eigenvalue weighted by Gasteiger charge is 2.38. The molecule has 0 amide bonds. The molecule has 3 nitrogen and oxygen atoms in total. The van der Waals surface area contributed by atoms with E-state index in [-0.39, 0.29) is 0 Å². The van der Waals surface area contributed by atoms with Gasteiger partial charge in [0.15, 0.2) is 0 Å². The summed E-state index contributed by atoms with van der Waals surface area (Å²) in [6.07, 6.45) is 4.05. The van der Waals surface area contributed by atoms with E-state index in [1.165, 1.54) is 13.0 Å². The van der Waals surface area contributed by atoms with E-state index in [2.05, 4.69) is 37.7 Å². The van der Waals surface area contributed by atoms with Crippen molar-refractivity contribution in [3.05, 3.63) is 0 Å². The second kappa shape index (κ2) is 5.78. The SMILES string of the molecule is CC(C)N1CCC(CCC=O)(CN(C)C)C1. The Morgan fingerprint density at radius 1 is 1.44 bits per heavy atom. The third-order valence-electron chi connectivity index (χ3n) is 3.64. The molecule has 1 heterocycles. The minimum Gasteiger partial charge on any atom is -0.309 e. The fraction of sp³-hybridized carbons (Fsp3) is 0.923. The highest BCUT2D eigenvalue weighted by atomic mass is 16.1. The summed E-state index contributed by atoms with van der Waals surface area (Å²) in [5.41, 5.74) is 0.342. The van der Waals surface area contributed by atoms with E-state index >= 15 is 0 Å². The molecule has 0 N–H and O–H groups in total. The normalized spacial score (nSPS) is 26.9. The van der Waals surface area contributed by atoms with Crippen molar-refractivity contribution in [3.63, 3.8) is 0 Å². The molecule has 0 bridgehead atoms. The van der Waals surface area contributed by atoms with Crippen molar-refractivity contribution in [2.45, 2.75) is 39.2 Å². The van der Waals surface area contributed by atoms with Gasteiger partial charge in [-0.3, -0.25) is 0 Å². The van der Waals surface area contributed by atoms with Crippen LogP contribution in [0.15, 0.2) is 0 Å². The quantitative estimate of drug-likeness (QED) is 0.643. The van der Waals surface area contributed by atoms with Crippen LogP contribution >= 0.6 is 0 Å². The van der Waals surface area contributed by atoms with Crippen LogP contribution in [0.4, 0.5) is 0 Å². The van der Waals surface area contributed by atoms with Crippen LogP contribution in [0.25, 0.3) is 0 Å². The Kier molecular flexibility index (Phi) is 4.93. The Hall–Kier alpha value is -0.410. The predicted molar refractivity (Wildman–Crippen MR) is 67.6 cm³/mol. The minimum absolute atomic E-state index is 0.342. The Bertz CT molecular complexity index is 228. The van der Waals surface area contributed by atoms with Gasteiger partial charge in [0, 0.05) is 25.6 Å². The molecule has 1 rings (SSSR count). The summed E-state index contributed by atoms with van der Waals surface area (Å²) in [7, 11) is 4.25. The van der Waals surface area contributed by atoms with E-state index < -0.39 is 0 Å². The monoisotopic (exact) mass is 226 g/mol. The zero-order chi connectivity index (χ0) is 12.2. The number of carbonyl (C=O) groups excluding carboxylic acids is 1. The van der Waals surface area contributed by atoms with Gasteiger partial charge in [0.2, 0.25) is 0 Å². The van der Waals surface area contributed by atoms with Gasteiger partial charge in [-0.25, -0.2) is 0 Å². The first-order chi connectivity index (χ1) is 7.49. The van der Waals surface area contributed by atoms with Crippen LogP contribution in [0.3, 0.4) is 0 Å². The molecule has 3 heteroatoms. The summed E-state index contributed by atoms with van der Waals surface area (Å²) >= 11 is 0. The van der Waals surface area contributed by atoms with Gasteiger partial charge in [0.05, 0.1) is 0 Å². The van der Waals surface area contributed by atoms with Gasteiger partial charge in [-0.1, -0.05) is 0 Å². The summed E-state index contributed by atoms with van der Waals surface area (Å²) < 4.78 is 0. The van der Waals surface area contributed by atoms with Gasteiger partial charge in [-0.05, 0) is 52.7 Å². The van der Waals surface area contributed by atoms with E-state index in [1.807, 2.05) is 0 Å². The first-order valence-electron chi connectivity index (χ1n) is 6.31. The zero-order valence-electron chi connectivity index (χ0n) is 11.2. The third kappa shape index (κ3) is 3.56. The molecule has 0 aliphatic carbocycles. The summed E-state index contributed by atoms with van der Waals surface area (Å²) in [4.78, 5) is 15.4. The van der Waals surface area contributed by atoms with Crippen molar-refractivity contribution in [1.29, 1.82) is 0 Å². The fourth-order valence-corrected chi connectivity index (χ4v) is 2.86. The van der Waals surface area contributed by atoms with E-state index in [1.54, 1.807) is 0 Å². The van der Waals surface area contributed by atoms with E-state index in [4.69, 9.17) is 0 Å². The Labute approximate surface area is 99.8 Å². The molecule has 0 aromatic carbocycles.